The van der Waals surface area contributed by atoms with Crippen molar-refractivity contribution in [2.75, 3.05) is 13.1 Å². The second-order valence-electron chi connectivity index (χ2n) is 7.03. The van der Waals surface area contributed by atoms with Gasteiger partial charge in [0.25, 0.3) is 5.91 Å². The van der Waals surface area contributed by atoms with E-state index in [0.29, 0.717) is 6.54 Å². The molecular weight excluding hydrogens is 369 g/mol. The van der Waals surface area contributed by atoms with Crippen LogP contribution in [0.3, 0.4) is 0 Å². The summed E-state index contributed by atoms with van der Waals surface area (Å²) in [6.07, 6.45) is -1.36. The third-order valence-electron chi connectivity index (χ3n) is 5.20. The highest BCUT2D eigenvalue weighted by Gasteiger charge is 2.38. The third kappa shape index (κ3) is 4.52. The van der Waals surface area contributed by atoms with E-state index in [1.165, 1.54) is 5.56 Å². The number of carbonyl (C=O) groups excluding carboxylic acids is 2. The van der Waals surface area contributed by atoms with Gasteiger partial charge in [0.05, 0.1) is 12.1 Å². The molecule has 0 heterocycles. The molecule has 2 N–H and O–H groups in total. The number of benzene rings is 2. The lowest BCUT2D eigenvalue weighted by Crippen LogP contribution is -2.47. The zero-order chi connectivity index (χ0) is 20.2. The summed E-state index contributed by atoms with van der Waals surface area (Å²) in [5.41, 5.74) is 0.373. The fourth-order valence-corrected chi connectivity index (χ4v) is 3.37. The molecule has 0 unspecified atom stereocenters. The fraction of sp³-hybridized carbons (Fsp3) is 0.333. The van der Waals surface area contributed by atoms with Gasteiger partial charge >= 0.3 is 6.18 Å². The monoisotopic (exact) mass is 390 g/mol. The molecule has 1 saturated carbocycles. The second kappa shape index (κ2) is 8.04. The van der Waals surface area contributed by atoms with Crippen molar-refractivity contribution < 1.29 is 22.8 Å². The first-order valence-corrected chi connectivity index (χ1v) is 9.08. The van der Waals surface area contributed by atoms with Gasteiger partial charge in [-0.05, 0) is 42.7 Å². The minimum atomic E-state index is -4.45. The van der Waals surface area contributed by atoms with Crippen molar-refractivity contribution in [3.05, 3.63) is 71.3 Å². The van der Waals surface area contributed by atoms with E-state index >= 15 is 0 Å². The molecule has 0 spiro atoms. The van der Waals surface area contributed by atoms with E-state index in [-0.39, 0.29) is 23.4 Å². The van der Waals surface area contributed by atoms with Crippen molar-refractivity contribution in [3.8, 4) is 0 Å². The molecule has 1 aliphatic carbocycles. The average molecular weight is 390 g/mol. The van der Waals surface area contributed by atoms with E-state index in [4.69, 9.17) is 0 Å². The summed E-state index contributed by atoms with van der Waals surface area (Å²) < 4.78 is 37.7. The topological polar surface area (TPSA) is 58.2 Å². The molecule has 1 aliphatic rings. The number of amides is 2. The Morgan fingerprint density at radius 2 is 1.57 bits per heavy atom. The first-order valence-electron chi connectivity index (χ1n) is 9.08. The summed E-state index contributed by atoms with van der Waals surface area (Å²) in [5.74, 6) is -0.923. The lowest BCUT2D eigenvalue weighted by atomic mass is 9.64. The van der Waals surface area contributed by atoms with Crippen molar-refractivity contribution >= 4 is 11.8 Å². The highest BCUT2D eigenvalue weighted by atomic mass is 19.4. The lowest BCUT2D eigenvalue weighted by Gasteiger charge is -2.42. The van der Waals surface area contributed by atoms with E-state index in [1.54, 1.807) is 0 Å². The van der Waals surface area contributed by atoms with Crippen molar-refractivity contribution in [1.82, 2.24) is 10.6 Å². The second-order valence-corrected chi connectivity index (χ2v) is 7.03. The SMILES string of the molecule is O=C(CNC(=O)c1ccc(C(F)(F)F)cc1)NCC1(c2ccccc2)CCC1. The van der Waals surface area contributed by atoms with Gasteiger partial charge in [0.1, 0.15) is 0 Å². The third-order valence-corrected chi connectivity index (χ3v) is 5.20. The van der Waals surface area contributed by atoms with Gasteiger partial charge < -0.3 is 10.6 Å². The maximum absolute atomic E-state index is 12.6. The molecule has 0 atom stereocenters. The highest BCUT2D eigenvalue weighted by Crippen LogP contribution is 2.43. The van der Waals surface area contributed by atoms with Gasteiger partial charge in [-0.2, -0.15) is 13.2 Å². The molecule has 0 aliphatic heterocycles. The van der Waals surface area contributed by atoms with E-state index in [2.05, 4.69) is 22.8 Å². The van der Waals surface area contributed by atoms with Crippen LogP contribution in [0.2, 0.25) is 0 Å². The maximum Gasteiger partial charge on any atom is 0.416 e. The minimum Gasteiger partial charge on any atom is -0.354 e. The first-order chi connectivity index (χ1) is 13.3. The van der Waals surface area contributed by atoms with Gasteiger partial charge in [-0.3, -0.25) is 9.59 Å². The molecule has 0 aromatic heterocycles. The van der Waals surface area contributed by atoms with Crippen LogP contribution in [0.1, 0.15) is 40.7 Å². The van der Waals surface area contributed by atoms with E-state index in [0.717, 1.165) is 43.5 Å². The van der Waals surface area contributed by atoms with Gasteiger partial charge in [-0.15, -0.1) is 0 Å². The molecule has 0 saturated heterocycles. The molecule has 4 nitrogen and oxygen atoms in total. The van der Waals surface area contributed by atoms with Crippen molar-refractivity contribution in [2.24, 2.45) is 0 Å². The molecule has 1 fully saturated rings. The predicted octanol–water partition coefficient (Wildman–Crippen LogP) is 3.67. The zero-order valence-electron chi connectivity index (χ0n) is 15.2. The van der Waals surface area contributed by atoms with Crippen molar-refractivity contribution in [1.29, 1.82) is 0 Å². The van der Waals surface area contributed by atoms with Gasteiger partial charge in [-0.1, -0.05) is 36.8 Å². The van der Waals surface area contributed by atoms with Crippen LogP contribution >= 0.6 is 0 Å². The quantitative estimate of drug-likeness (QED) is 0.791. The lowest BCUT2D eigenvalue weighted by molar-refractivity contribution is -0.137. The number of carbonyl (C=O) groups is 2. The summed E-state index contributed by atoms with van der Waals surface area (Å²) in [6, 6.07) is 13.9. The zero-order valence-corrected chi connectivity index (χ0v) is 15.2. The van der Waals surface area contributed by atoms with Gasteiger partial charge in [0.2, 0.25) is 5.91 Å². The van der Waals surface area contributed by atoms with Crippen molar-refractivity contribution in [2.45, 2.75) is 30.9 Å². The first kappa shape index (κ1) is 19.9. The summed E-state index contributed by atoms with van der Waals surface area (Å²) in [5, 5.41) is 5.29. The Morgan fingerprint density at radius 1 is 0.929 bits per heavy atom. The molecule has 2 amide bonds. The predicted molar refractivity (Wildman–Crippen MR) is 98.8 cm³/mol. The van der Waals surface area contributed by atoms with Gasteiger partial charge in [0, 0.05) is 17.5 Å². The summed E-state index contributed by atoms with van der Waals surface area (Å²) in [4.78, 5) is 24.1. The van der Waals surface area contributed by atoms with E-state index < -0.39 is 17.6 Å². The van der Waals surface area contributed by atoms with Crippen LogP contribution in [0.25, 0.3) is 0 Å². The normalized spacial score (nSPS) is 15.4. The molecule has 0 bridgehead atoms. The van der Waals surface area contributed by atoms with Crippen LogP contribution in [-0.2, 0) is 16.4 Å². The molecule has 2 aromatic rings. The average Bonchev–Trinajstić information content (AvgIpc) is 2.65. The van der Waals surface area contributed by atoms with Crippen LogP contribution in [0.4, 0.5) is 13.2 Å². The minimum absolute atomic E-state index is 0.0612. The summed E-state index contributed by atoms with van der Waals surface area (Å²) >= 11 is 0. The Balaban J connectivity index is 1.49. The number of nitrogens with one attached hydrogen (secondary N) is 2. The number of hydrogen-bond acceptors (Lipinski definition) is 2. The molecule has 7 heteroatoms. The van der Waals surface area contributed by atoms with Crippen LogP contribution in [0, 0.1) is 0 Å². The summed E-state index contributed by atoms with van der Waals surface area (Å²) in [7, 11) is 0. The van der Waals surface area contributed by atoms with Crippen LogP contribution < -0.4 is 10.6 Å². The molecule has 148 valence electrons. The Hall–Kier alpha value is -2.83. The molecule has 28 heavy (non-hydrogen) atoms. The fourth-order valence-electron chi connectivity index (χ4n) is 3.37. The molecule has 3 rings (SSSR count). The Morgan fingerprint density at radius 3 is 2.11 bits per heavy atom. The van der Waals surface area contributed by atoms with E-state index in [1.807, 2.05) is 18.2 Å². The number of halogens is 3. The van der Waals surface area contributed by atoms with E-state index in [9.17, 15) is 22.8 Å². The highest BCUT2D eigenvalue weighted by molar-refractivity contribution is 5.96. The summed E-state index contributed by atoms with van der Waals surface area (Å²) in [6.45, 7) is 0.261. The van der Waals surface area contributed by atoms with Crippen LogP contribution in [0.15, 0.2) is 54.6 Å². The molecule has 0 radical (unpaired) electrons. The smallest absolute Gasteiger partial charge is 0.354 e. The Kier molecular flexibility index (Phi) is 5.72. The largest absolute Gasteiger partial charge is 0.416 e. The van der Waals surface area contributed by atoms with Gasteiger partial charge in [-0.25, -0.2) is 0 Å². The number of rotatable bonds is 6. The number of alkyl halides is 3. The Labute approximate surface area is 161 Å². The Bertz CT molecular complexity index is 829. The van der Waals surface area contributed by atoms with Crippen LogP contribution in [-0.4, -0.2) is 24.9 Å². The standard InChI is InChI=1S/C21H21F3N2O2/c22-21(23,24)17-9-7-15(8-10-17)19(28)25-13-18(27)26-14-20(11-4-12-20)16-5-2-1-3-6-16/h1-3,5-10H,4,11-14H2,(H,25,28)(H,26,27). The molecule has 2 aromatic carbocycles. The van der Waals surface area contributed by atoms with Crippen LogP contribution in [0.5, 0.6) is 0 Å². The molecular formula is C21H21F3N2O2. The van der Waals surface area contributed by atoms with Gasteiger partial charge in [0.15, 0.2) is 0 Å². The number of hydrogen-bond donors (Lipinski definition) is 2. The van der Waals surface area contributed by atoms with Crippen molar-refractivity contribution in [3.63, 3.8) is 0 Å². The maximum atomic E-state index is 12.6.